The summed E-state index contributed by atoms with van der Waals surface area (Å²) in [6.45, 7) is 3.34. The summed E-state index contributed by atoms with van der Waals surface area (Å²) in [7, 11) is 5.47. The molecule has 0 spiro atoms. The number of ether oxygens (including phenoxy) is 1. The van der Waals surface area contributed by atoms with Gasteiger partial charge in [0.25, 0.3) is 0 Å². The number of hydrogen-bond acceptors (Lipinski definition) is 7. The molecule has 2 aromatic heterocycles. The third kappa shape index (κ3) is 6.39. The van der Waals surface area contributed by atoms with Crippen LogP contribution in [0.1, 0.15) is 18.5 Å². The molecule has 0 aliphatic rings. The lowest BCUT2D eigenvalue weighted by Crippen LogP contribution is -2.34. The first-order valence-electron chi connectivity index (χ1n) is 10.3. The van der Waals surface area contributed by atoms with Gasteiger partial charge in [0, 0.05) is 31.0 Å². The number of methoxy groups -OCH3 is 1. The number of anilines is 2. The van der Waals surface area contributed by atoms with Crippen LogP contribution in [-0.4, -0.2) is 60.2 Å². The van der Waals surface area contributed by atoms with E-state index in [1.165, 1.54) is 0 Å². The van der Waals surface area contributed by atoms with E-state index in [1.54, 1.807) is 31.8 Å². The number of pyridine rings is 1. The van der Waals surface area contributed by atoms with Gasteiger partial charge >= 0.3 is 6.03 Å². The van der Waals surface area contributed by atoms with Crippen LogP contribution in [0, 0.1) is 0 Å². The third-order valence-electron chi connectivity index (χ3n) is 4.77. The van der Waals surface area contributed by atoms with E-state index in [-0.39, 0.29) is 12.1 Å². The van der Waals surface area contributed by atoms with Crippen LogP contribution in [0.15, 0.2) is 55.1 Å². The van der Waals surface area contributed by atoms with Crippen LogP contribution in [-0.2, 0) is 0 Å². The minimum atomic E-state index is -0.284. The van der Waals surface area contributed by atoms with Gasteiger partial charge in [-0.15, -0.1) is 0 Å². The molecule has 0 radical (unpaired) electrons. The minimum Gasteiger partial charge on any atom is -0.495 e. The van der Waals surface area contributed by atoms with Crippen LogP contribution in [0.5, 0.6) is 5.75 Å². The van der Waals surface area contributed by atoms with E-state index in [4.69, 9.17) is 4.74 Å². The summed E-state index contributed by atoms with van der Waals surface area (Å²) in [5, 5.41) is 8.99. The highest BCUT2D eigenvalue weighted by Crippen LogP contribution is 2.30. The molecule has 0 fully saturated rings. The third-order valence-corrected chi connectivity index (χ3v) is 4.77. The molecule has 0 aliphatic carbocycles. The molecule has 9 nitrogen and oxygen atoms in total. The zero-order valence-corrected chi connectivity index (χ0v) is 18.8. The second kappa shape index (κ2) is 11.1. The zero-order chi connectivity index (χ0) is 22.9. The first-order valence-corrected chi connectivity index (χ1v) is 10.3. The minimum absolute atomic E-state index is 0.0281. The number of hydrogen-bond donors (Lipinski definition) is 3. The molecule has 1 aromatic carbocycles. The fourth-order valence-corrected chi connectivity index (χ4v) is 3.03. The Kier molecular flexibility index (Phi) is 7.93. The molecule has 0 saturated carbocycles. The normalized spacial score (nSPS) is 11.7. The molecule has 1 atom stereocenters. The van der Waals surface area contributed by atoms with Crippen LogP contribution in [0.25, 0.3) is 11.3 Å². The van der Waals surface area contributed by atoms with Crippen molar-refractivity contribution in [1.82, 2.24) is 25.2 Å². The van der Waals surface area contributed by atoms with Crippen LogP contribution in [0.2, 0.25) is 0 Å². The Hall–Kier alpha value is -3.72. The number of carbonyl (C=O) groups excluding carboxylic acids is 1. The Balaban J connectivity index is 1.71. The Morgan fingerprint density at radius 2 is 2.00 bits per heavy atom. The van der Waals surface area contributed by atoms with Gasteiger partial charge in [-0.2, -0.15) is 0 Å². The Labute approximate surface area is 188 Å². The molecule has 3 rings (SSSR count). The van der Waals surface area contributed by atoms with E-state index < -0.39 is 0 Å². The molecular formula is C23H29N7O2. The van der Waals surface area contributed by atoms with Crippen LogP contribution >= 0.6 is 0 Å². The number of amides is 2. The molecule has 32 heavy (non-hydrogen) atoms. The fraction of sp³-hybridized carbons (Fsp3) is 0.304. The molecule has 3 N–H and O–H groups in total. The SMILES string of the molecule is COc1cc(-c2cncc(NC(C)c3cccnc3)n2)ccc1NC(=O)NCCN(C)C. The zero-order valence-electron chi connectivity index (χ0n) is 18.8. The number of aromatic nitrogens is 3. The topological polar surface area (TPSA) is 104 Å². The van der Waals surface area contributed by atoms with E-state index in [2.05, 4.69) is 30.9 Å². The standard InChI is InChI=1S/C23H29N7O2/c1-16(18-6-5-9-24-13-18)27-22-15-25-14-20(28-22)17-7-8-19(21(12-17)32-4)29-23(31)26-10-11-30(2)3/h5-9,12-16H,10-11H2,1-4H3,(H,27,28)(H2,26,29,31). The maximum absolute atomic E-state index is 12.1. The molecule has 2 amide bonds. The molecule has 1 unspecified atom stereocenters. The summed E-state index contributed by atoms with van der Waals surface area (Å²) in [5.74, 6) is 1.19. The molecule has 9 heteroatoms. The summed E-state index contributed by atoms with van der Waals surface area (Å²) in [6.07, 6.45) is 6.94. The molecule has 0 bridgehead atoms. The molecule has 0 aliphatic heterocycles. The predicted octanol–water partition coefficient (Wildman–Crippen LogP) is 3.40. The lowest BCUT2D eigenvalue weighted by molar-refractivity contribution is 0.250. The molecule has 168 valence electrons. The highest BCUT2D eigenvalue weighted by molar-refractivity contribution is 5.91. The smallest absolute Gasteiger partial charge is 0.319 e. The van der Waals surface area contributed by atoms with Gasteiger partial charge in [-0.05, 0) is 44.8 Å². The van der Waals surface area contributed by atoms with Gasteiger partial charge in [-0.25, -0.2) is 9.78 Å². The quantitative estimate of drug-likeness (QED) is 0.473. The van der Waals surface area contributed by atoms with Gasteiger partial charge in [-0.3, -0.25) is 9.97 Å². The monoisotopic (exact) mass is 435 g/mol. The van der Waals surface area contributed by atoms with Crippen molar-refractivity contribution in [2.24, 2.45) is 0 Å². The van der Waals surface area contributed by atoms with Gasteiger partial charge in [0.2, 0.25) is 0 Å². The van der Waals surface area contributed by atoms with Crippen molar-refractivity contribution in [1.29, 1.82) is 0 Å². The van der Waals surface area contributed by atoms with E-state index >= 15 is 0 Å². The van der Waals surface area contributed by atoms with Crippen LogP contribution < -0.4 is 20.7 Å². The first kappa shape index (κ1) is 23.0. The van der Waals surface area contributed by atoms with E-state index in [0.717, 1.165) is 17.7 Å². The highest BCUT2D eigenvalue weighted by Gasteiger charge is 2.12. The number of nitrogens with one attached hydrogen (secondary N) is 3. The number of carbonyl (C=O) groups is 1. The molecule has 3 aromatic rings. The van der Waals surface area contributed by atoms with Gasteiger partial charge in [0.1, 0.15) is 11.6 Å². The van der Waals surface area contributed by atoms with Gasteiger partial charge in [0.05, 0.1) is 36.9 Å². The van der Waals surface area contributed by atoms with E-state index in [0.29, 0.717) is 29.5 Å². The van der Waals surface area contributed by atoms with E-state index in [9.17, 15) is 4.79 Å². The molecule has 2 heterocycles. The van der Waals surface area contributed by atoms with Crippen molar-refractivity contribution in [3.05, 3.63) is 60.7 Å². The average molecular weight is 436 g/mol. The van der Waals surface area contributed by atoms with E-state index in [1.807, 2.05) is 56.4 Å². The summed E-state index contributed by atoms with van der Waals surface area (Å²) >= 11 is 0. The molecular weight excluding hydrogens is 406 g/mol. The van der Waals surface area contributed by atoms with Crippen LogP contribution in [0.3, 0.4) is 0 Å². The predicted molar refractivity (Wildman–Crippen MR) is 126 cm³/mol. The Bertz CT molecular complexity index is 1030. The van der Waals surface area contributed by atoms with Crippen molar-refractivity contribution in [2.75, 3.05) is 44.9 Å². The van der Waals surface area contributed by atoms with Gasteiger partial charge < -0.3 is 25.6 Å². The van der Waals surface area contributed by atoms with Gasteiger partial charge in [0.15, 0.2) is 0 Å². The fourth-order valence-electron chi connectivity index (χ4n) is 3.03. The number of benzene rings is 1. The molecule has 0 saturated heterocycles. The largest absolute Gasteiger partial charge is 0.495 e. The number of likely N-dealkylation sites (N-methyl/N-ethyl adjacent to an activating group) is 1. The maximum atomic E-state index is 12.1. The van der Waals surface area contributed by atoms with Crippen LogP contribution in [0.4, 0.5) is 16.3 Å². The lowest BCUT2D eigenvalue weighted by atomic mass is 10.1. The lowest BCUT2D eigenvalue weighted by Gasteiger charge is -2.15. The Morgan fingerprint density at radius 1 is 1.16 bits per heavy atom. The first-order chi connectivity index (χ1) is 15.5. The van der Waals surface area contributed by atoms with Crippen molar-refractivity contribution < 1.29 is 9.53 Å². The summed E-state index contributed by atoms with van der Waals surface area (Å²) in [4.78, 5) is 27.3. The Morgan fingerprint density at radius 3 is 2.72 bits per heavy atom. The van der Waals surface area contributed by atoms with Crippen molar-refractivity contribution in [3.8, 4) is 17.0 Å². The van der Waals surface area contributed by atoms with Crippen molar-refractivity contribution in [2.45, 2.75) is 13.0 Å². The second-order valence-corrected chi connectivity index (χ2v) is 7.54. The summed E-state index contributed by atoms with van der Waals surface area (Å²) in [5.41, 5.74) is 3.14. The van der Waals surface area contributed by atoms with Crippen molar-refractivity contribution >= 4 is 17.5 Å². The maximum Gasteiger partial charge on any atom is 0.319 e. The number of rotatable bonds is 9. The number of urea groups is 1. The average Bonchev–Trinajstić information content (AvgIpc) is 2.80. The van der Waals surface area contributed by atoms with Gasteiger partial charge in [-0.1, -0.05) is 12.1 Å². The second-order valence-electron chi connectivity index (χ2n) is 7.54. The summed E-state index contributed by atoms with van der Waals surface area (Å²) in [6, 6.07) is 9.15. The highest BCUT2D eigenvalue weighted by atomic mass is 16.5. The number of nitrogens with zero attached hydrogens (tertiary/aromatic N) is 4. The van der Waals surface area contributed by atoms with Crippen molar-refractivity contribution in [3.63, 3.8) is 0 Å². The summed E-state index contributed by atoms with van der Waals surface area (Å²) < 4.78 is 5.48.